The number of phenols is 1. The van der Waals surface area contributed by atoms with Gasteiger partial charge in [-0.05, 0) is 47.4 Å². The molecule has 1 amide bonds. The summed E-state index contributed by atoms with van der Waals surface area (Å²) in [7, 11) is 0. The number of rotatable bonds is 4. The van der Waals surface area contributed by atoms with Crippen LogP contribution in [0.25, 0.3) is 6.08 Å². The number of hydrogen-bond acceptors (Lipinski definition) is 2. The summed E-state index contributed by atoms with van der Waals surface area (Å²) in [6.45, 7) is 16.5. The molecular formula is C23H35NO2. The Morgan fingerprint density at radius 3 is 2.08 bits per heavy atom. The van der Waals surface area contributed by atoms with Crippen LogP contribution in [0, 0.1) is 0 Å². The summed E-state index contributed by atoms with van der Waals surface area (Å²) in [5.41, 5.74) is 3.44. The predicted molar refractivity (Wildman–Crippen MR) is 110 cm³/mol. The van der Waals surface area contributed by atoms with E-state index in [0.29, 0.717) is 5.75 Å². The molecule has 0 spiro atoms. The number of unbranched alkanes of at least 4 members (excludes halogenated alkanes) is 1. The summed E-state index contributed by atoms with van der Waals surface area (Å²) in [6, 6.07) is 4.08. The van der Waals surface area contributed by atoms with E-state index in [9.17, 15) is 9.90 Å². The Morgan fingerprint density at radius 1 is 1.08 bits per heavy atom. The zero-order valence-electron chi connectivity index (χ0n) is 17.6. The molecule has 3 nitrogen and oxygen atoms in total. The van der Waals surface area contributed by atoms with Crippen LogP contribution in [0.15, 0.2) is 17.7 Å². The summed E-state index contributed by atoms with van der Waals surface area (Å²) in [5, 5.41) is 10.8. The highest BCUT2D eigenvalue weighted by Gasteiger charge is 2.28. The fourth-order valence-corrected chi connectivity index (χ4v) is 3.45. The average Bonchev–Trinajstić information content (AvgIpc) is 2.85. The van der Waals surface area contributed by atoms with Crippen LogP contribution in [-0.2, 0) is 15.6 Å². The van der Waals surface area contributed by atoms with E-state index in [2.05, 4.69) is 48.5 Å². The summed E-state index contributed by atoms with van der Waals surface area (Å²) in [5.74, 6) is 0.551. The largest absolute Gasteiger partial charge is 0.507 e. The Kier molecular flexibility index (Phi) is 5.89. The lowest BCUT2D eigenvalue weighted by molar-refractivity contribution is -0.124. The molecule has 0 atom stereocenters. The fraction of sp³-hybridized carbons (Fsp3) is 0.609. The van der Waals surface area contributed by atoms with Crippen LogP contribution in [0.2, 0.25) is 0 Å². The molecule has 0 unspecified atom stereocenters. The van der Waals surface area contributed by atoms with E-state index in [1.807, 2.05) is 23.1 Å². The SMILES string of the molecule is CCCCN1CCC(=Cc2cc(C(C)(C)C)c(O)c(C(C)(C)C)c2)C1=O. The second-order valence-electron chi connectivity index (χ2n) is 9.53. The highest BCUT2D eigenvalue weighted by Crippen LogP contribution is 2.40. The Bertz CT molecular complexity index is 667. The van der Waals surface area contributed by atoms with Crippen LogP contribution >= 0.6 is 0 Å². The molecule has 144 valence electrons. The maximum atomic E-state index is 12.7. The number of benzene rings is 1. The topological polar surface area (TPSA) is 40.5 Å². The third-order valence-corrected chi connectivity index (χ3v) is 5.08. The molecule has 26 heavy (non-hydrogen) atoms. The van der Waals surface area contributed by atoms with E-state index in [0.717, 1.165) is 54.6 Å². The van der Waals surface area contributed by atoms with Gasteiger partial charge in [-0.3, -0.25) is 4.79 Å². The van der Waals surface area contributed by atoms with E-state index in [1.54, 1.807) is 0 Å². The number of aromatic hydroxyl groups is 1. The molecule has 3 heteroatoms. The van der Waals surface area contributed by atoms with E-state index in [1.165, 1.54) is 0 Å². The second kappa shape index (κ2) is 7.46. The Hall–Kier alpha value is -1.77. The number of carbonyl (C=O) groups excluding carboxylic acids is 1. The van der Waals surface area contributed by atoms with Gasteiger partial charge in [0.1, 0.15) is 5.75 Å². The molecule has 1 fully saturated rings. The first-order chi connectivity index (χ1) is 11.9. The van der Waals surface area contributed by atoms with Crippen molar-refractivity contribution < 1.29 is 9.90 Å². The zero-order valence-corrected chi connectivity index (χ0v) is 17.6. The highest BCUT2D eigenvalue weighted by atomic mass is 16.3. The van der Waals surface area contributed by atoms with Crippen molar-refractivity contribution in [1.82, 2.24) is 4.90 Å². The van der Waals surface area contributed by atoms with Gasteiger partial charge in [0, 0.05) is 29.8 Å². The molecule has 0 aliphatic carbocycles. The predicted octanol–water partition coefficient (Wildman–Crippen LogP) is 5.40. The van der Waals surface area contributed by atoms with E-state index in [-0.39, 0.29) is 16.7 Å². The molecule has 1 aliphatic heterocycles. The van der Waals surface area contributed by atoms with Crippen LogP contribution in [0.3, 0.4) is 0 Å². The molecular weight excluding hydrogens is 322 g/mol. The van der Waals surface area contributed by atoms with Crippen molar-refractivity contribution in [3.05, 3.63) is 34.4 Å². The highest BCUT2D eigenvalue weighted by molar-refractivity contribution is 6.00. The molecule has 0 bridgehead atoms. The van der Waals surface area contributed by atoms with Gasteiger partial charge in [0.05, 0.1) is 0 Å². The van der Waals surface area contributed by atoms with E-state index < -0.39 is 0 Å². The Labute approximate surface area is 159 Å². The van der Waals surface area contributed by atoms with Crippen molar-refractivity contribution in [2.75, 3.05) is 13.1 Å². The van der Waals surface area contributed by atoms with Crippen LogP contribution in [0.5, 0.6) is 5.75 Å². The first-order valence-electron chi connectivity index (χ1n) is 9.83. The Balaban J connectivity index is 2.46. The van der Waals surface area contributed by atoms with E-state index in [4.69, 9.17) is 0 Å². The smallest absolute Gasteiger partial charge is 0.249 e. The number of nitrogens with zero attached hydrogens (tertiary/aromatic N) is 1. The molecule has 1 aromatic carbocycles. The minimum Gasteiger partial charge on any atom is -0.507 e. The second-order valence-corrected chi connectivity index (χ2v) is 9.53. The van der Waals surface area contributed by atoms with Gasteiger partial charge in [0.25, 0.3) is 0 Å². The van der Waals surface area contributed by atoms with Gasteiger partial charge >= 0.3 is 0 Å². The average molecular weight is 358 g/mol. The number of amides is 1. The third-order valence-electron chi connectivity index (χ3n) is 5.08. The Morgan fingerprint density at radius 2 is 1.62 bits per heavy atom. The van der Waals surface area contributed by atoms with Crippen LogP contribution in [0.4, 0.5) is 0 Å². The summed E-state index contributed by atoms with van der Waals surface area (Å²) in [6.07, 6.45) is 4.99. The maximum absolute atomic E-state index is 12.7. The summed E-state index contributed by atoms with van der Waals surface area (Å²) < 4.78 is 0. The normalized spacial score (nSPS) is 17.4. The van der Waals surface area contributed by atoms with Gasteiger partial charge in [0.15, 0.2) is 0 Å². The number of likely N-dealkylation sites (tertiary alicyclic amines) is 1. The molecule has 1 N–H and O–H groups in total. The molecule has 1 aliphatic rings. The minimum absolute atomic E-state index is 0.161. The van der Waals surface area contributed by atoms with Crippen LogP contribution in [0.1, 0.15) is 84.4 Å². The maximum Gasteiger partial charge on any atom is 0.249 e. The zero-order chi connectivity index (χ0) is 19.7. The first kappa shape index (κ1) is 20.5. The van der Waals surface area contributed by atoms with Crippen LogP contribution < -0.4 is 0 Å². The van der Waals surface area contributed by atoms with Gasteiger partial charge < -0.3 is 10.0 Å². The number of phenolic OH excluding ortho intramolecular Hbond substituents is 1. The van der Waals surface area contributed by atoms with Crippen molar-refractivity contribution in [2.24, 2.45) is 0 Å². The van der Waals surface area contributed by atoms with Gasteiger partial charge in [-0.2, -0.15) is 0 Å². The first-order valence-corrected chi connectivity index (χ1v) is 9.83. The molecule has 1 saturated heterocycles. The van der Waals surface area contributed by atoms with Crippen molar-refractivity contribution in [3.63, 3.8) is 0 Å². The monoisotopic (exact) mass is 357 g/mol. The molecule has 1 heterocycles. The molecule has 2 rings (SSSR count). The van der Waals surface area contributed by atoms with Gasteiger partial charge in [-0.15, -0.1) is 0 Å². The standard InChI is InChI=1S/C23H35NO2/c1-8-9-11-24-12-10-17(21(24)26)13-16-14-18(22(2,3)4)20(25)19(15-16)23(5,6)7/h13-15,25H,8-12H2,1-7H3. The molecule has 0 saturated carbocycles. The third kappa shape index (κ3) is 4.49. The molecule has 1 aromatic rings. The molecule has 0 radical (unpaired) electrons. The van der Waals surface area contributed by atoms with Gasteiger partial charge in [0.2, 0.25) is 5.91 Å². The van der Waals surface area contributed by atoms with E-state index >= 15 is 0 Å². The van der Waals surface area contributed by atoms with Gasteiger partial charge in [-0.1, -0.05) is 54.9 Å². The lowest BCUT2D eigenvalue weighted by Gasteiger charge is -2.28. The number of hydrogen-bond donors (Lipinski definition) is 1. The van der Waals surface area contributed by atoms with Gasteiger partial charge in [-0.25, -0.2) is 0 Å². The van der Waals surface area contributed by atoms with Crippen LogP contribution in [-0.4, -0.2) is 29.0 Å². The van der Waals surface area contributed by atoms with Crippen molar-refractivity contribution in [3.8, 4) is 5.75 Å². The lowest BCUT2D eigenvalue weighted by atomic mass is 9.78. The lowest BCUT2D eigenvalue weighted by Crippen LogP contribution is -2.26. The fourth-order valence-electron chi connectivity index (χ4n) is 3.45. The van der Waals surface area contributed by atoms with Crippen molar-refractivity contribution >= 4 is 12.0 Å². The van der Waals surface area contributed by atoms with Crippen molar-refractivity contribution in [1.29, 1.82) is 0 Å². The summed E-state index contributed by atoms with van der Waals surface area (Å²) in [4.78, 5) is 14.6. The number of carbonyl (C=O) groups is 1. The molecule has 0 aromatic heterocycles. The summed E-state index contributed by atoms with van der Waals surface area (Å²) >= 11 is 0. The quantitative estimate of drug-likeness (QED) is 0.733. The van der Waals surface area contributed by atoms with Crippen molar-refractivity contribution in [2.45, 2.75) is 78.6 Å². The minimum atomic E-state index is -0.161.